The Morgan fingerprint density at radius 2 is 1.43 bits per heavy atom. The molecule has 0 spiro atoms. The van der Waals surface area contributed by atoms with Crippen molar-refractivity contribution >= 4 is 0 Å². The molecule has 0 aromatic rings. The summed E-state index contributed by atoms with van der Waals surface area (Å²) in [5.41, 5.74) is 0. The predicted octanol–water partition coefficient (Wildman–Crippen LogP) is 4.04. The van der Waals surface area contributed by atoms with Crippen molar-refractivity contribution < 1.29 is 0 Å². The number of hydrogen-bond donors (Lipinski definition) is 0. The van der Waals surface area contributed by atoms with Gasteiger partial charge in [-0.2, -0.15) is 0 Å². The molecule has 0 aromatic heterocycles. The maximum atomic E-state index is 2.37. The minimum absolute atomic E-state index is 0.834. The van der Waals surface area contributed by atoms with Gasteiger partial charge in [-0.05, 0) is 38.4 Å². The third-order valence-corrected chi connectivity index (χ3v) is 2.64. The van der Waals surface area contributed by atoms with E-state index >= 15 is 0 Å². The van der Waals surface area contributed by atoms with Crippen molar-refractivity contribution in [2.24, 2.45) is 11.8 Å². The first-order chi connectivity index (χ1) is 6.49. The van der Waals surface area contributed by atoms with E-state index in [-0.39, 0.29) is 0 Å². The fourth-order valence-electron chi connectivity index (χ4n) is 0.915. The highest BCUT2D eigenvalue weighted by atomic mass is 15.1. The summed E-state index contributed by atoms with van der Waals surface area (Å²) in [6.07, 6.45) is 2.59. The van der Waals surface area contributed by atoms with Crippen LogP contribution in [0.1, 0.15) is 54.4 Å². The van der Waals surface area contributed by atoms with Crippen LogP contribution in [-0.2, 0) is 0 Å². The molecule has 0 saturated heterocycles. The van der Waals surface area contributed by atoms with Crippen molar-refractivity contribution in [3.63, 3.8) is 0 Å². The molecule has 1 nitrogen and oxygen atoms in total. The molecule has 0 radical (unpaired) electrons. The molecule has 0 aliphatic rings. The second-order valence-corrected chi connectivity index (χ2v) is 4.61. The van der Waals surface area contributed by atoms with Crippen LogP contribution >= 0.6 is 0 Å². The van der Waals surface area contributed by atoms with E-state index in [2.05, 4.69) is 53.5 Å². The van der Waals surface area contributed by atoms with Gasteiger partial charge in [-0.1, -0.05) is 48.0 Å². The Morgan fingerprint density at radius 1 is 1.00 bits per heavy atom. The Bertz CT molecular complexity index is 99.4. The van der Waals surface area contributed by atoms with Crippen LogP contribution < -0.4 is 0 Å². The largest absolute Gasteiger partial charge is 0.307 e. The summed E-state index contributed by atoms with van der Waals surface area (Å²) < 4.78 is 0. The van der Waals surface area contributed by atoms with Crippen LogP contribution in [0.4, 0.5) is 0 Å². The number of hydrogen-bond acceptors (Lipinski definition) is 1. The summed E-state index contributed by atoms with van der Waals surface area (Å²) in [5.74, 6) is 1.70. The zero-order valence-corrected chi connectivity index (χ0v) is 11.4. The van der Waals surface area contributed by atoms with Gasteiger partial charge in [0.15, 0.2) is 0 Å². The average molecular weight is 201 g/mol. The first-order valence-corrected chi connectivity index (χ1v) is 6.17. The van der Waals surface area contributed by atoms with Crippen molar-refractivity contribution in [3.8, 4) is 0 Å². The first kappa shape index (κ1) is 16.4. The maximum absolute atomic E-state index is 2.37. The van der Waals surface area contributed by atoms with E-state index in [1.807, 2.05) is 0 Å². The van der Waals surface area contributed by atoms with Crippen molar-refractivity contribution in [2.45, 2.75) is 54.4 Å². The van der Waals surface area contributed by atoms with Crippen LogP contribution in [0.15, 0.2) is 0 Å². The second kappa shape index (κ2) is 11.0. The molecule has 1 unspecified atom stereocenters. The minimum Gasteiger partial charge on any atom is -0.307 e. The van der Waals surface area contributed by atoms with E-state index < -0.39 is 0 Å². The van der Waals surface area contributed by atoms with Crippen molar-refractivity contribution in [1.82, 2.24) is 4.90 Å². The summed E-state index contributed by atoms with van der Waals surface area (Å²) in [4.78, 5) is 2.37. The number of nitrogens with zero attached hydrogens (tertiary/aromatic N) is 1. The van der Waals surface area contributed by atoms with Crippen LogP contribution in [0, 0.1) is 11.8 Å². The quantitative estimate of drug-likeness (QED) is 0.649. The lowest BCUT2D eigenvalue weighted by Gasteiger charge is -2.19. The summed E-state index contributed by atoms with van der Waals surface area (Å²) in [5, 5.41) is 0. The lowest BCUT2D eigenvalue weighted by molar-refractivity contribution is 0.290. The molecule has 88 valence electrons. The van der Waals surface area contributed by atoms with Gasteiger partial charge in [-0.15, -0.1) is 0 Å². The zero-order valence-electron chi connectivity index (χ0n) is 11.4. The third kappa shape index (κ3) is 12.0. The van der Waals surface area contributed by atoms with E-state index in [0.29, 0.717) is 0 Å². The van der Waals surface area contributed by atoms with Gasteiger partial charge in [-0.25, -0.2) is 0 Å². The molecule has 0 saturated carbocycles. The van der Waals surface area contributed by atoms with Crippen LogP contribution in [0.25, 0.3) is 0 Å². The van der Waals surface area contributed by atoms with Gasteiger partial charge in [0.05, 0.1) is 0 Å². The van der Waals surface area contributed by atoms with Gasteiger partial charge in [-0.3, -0.25) is 0 Å². The highest BCUT2D eigenvalue weighted by Gasteiger charge is 2.06. The van der Waals surface area contributed by atoms with Crippen molar-refractivity contribution in [3.05, 3.63) is 0 Å². The van der Waals surface area contributed by atoms with Gasteiger partial charge in [0, 0.05) is 0 Å². The molecular formula is C13H31N. The molecule has 0 aliphatic heterocycles. The van der Waals surface area contributed by atoms with Crippen LogP contribution in [-0.4, -0.2) is 25.0 Å². The highest BCUT2D eigenvalue weighted by Crippen LogP contribution is 2.13. The smallest absolute Gasteiger partial charge is 0.00193 e. The van der Waals surface area contributed by atoms with E-state index in [0.717, 1.165) is 11.8 Å². The molecule has 0 N–H and O–H groups in total. The normalized spacial score (nSPS) is 12.6. The van der Waals surface area contributed by atoms with Crippen molar-refractivity contribution in [2.75, 3.05) is 20.1 Å². The Labute approximate surface area is 91.9 Å². The molecule has 0 aromatic carbocycles. The van der Waals surface area contributed by atoms with Gasteiger partial charge in [0.2, 0.25) is 0 Å². The summed E-state index contributed by atoms with van der Waals surface area (Å²) in [6, 6.07) is 0. The molecule has 1 heteroatoms. The highest BCUT2D eigenvalue weighted by molar-refractivity contribution is 4.59. The molecular weight excluding hydrogens is 170 g/mol. The first-order valence-electron chi connectivity index (χ1n) is 6.17. The fourth-order valence-corrected chi connectivity index (χ4v) is 0.915. The standard InChI is InChI=1S/C10H23N.C3H8/c1-6-11(5)8-7-10(4)9(2)3;1-3-2/h9-10H,6-8H2,1-5H3;3H2,1-2H3. The summed E-state index contributed by atoms with van der Waals surface area (Å²) >= 11 is 0. The van der Waals surface area contributed by atoms with E-state index in [9.17, 15) is 0 Å². The van der Waals surface area contributed by atoms with Crippen LogP contribution in [0.2, 0.25) is 0 Å². The molecule has 0 amide bonds. The van der Waals surface area contributed by atoms with Crippen LogP contribution in [0.3, 0.4) is 0 Å². The van der Waals surface area contributed by atoms with Gasteiger partial charge < -0.3 is 4.90 Å². The fraction of sp³-hybridized carbons (Fsp3) is 1.00. The van der Waals surface area contributed by atoms with Gasteiger partial charge >= 0.3 is 0 Å². The van der Waals surface area contributed by atoms with Gasteiger partial charge in [0.25, 0.3) is 0 Å². The molecule has 0 rings (SSSR count). The van der Waals surface area contributed by atoms with Gasteiger partial charge in [0.1, 0.15) is 0 Å². The number of rotatable bonds is 5. The third-order valence-electron chi connectivity index (χ3n) is 2.64. The molecule has 0 bridgehead atoms. The SMILES string of the molecule is CCC.CCN(C)CCC(C)C(C)C. The Kier molecular flexibility index (Phi) is 12.9. The molecule has 1 atom stereocenters. The average Bonchev–Trinajstić information content (AvgIpc) is 2.14. The topological polar surface area (TPSA) is 3.24 Å². The lowest BCUT2D eigenvalue weighted by Crippen LogP contribution is -2.21. The Morgan fingerprint density at radius 3 is 1.71 bits per heavy atom. The molecule has 0 fully saturated rings. The monoisotopic (exact) mass is 201 g/mol. The lowest BCUT2D eigenvalue weighted by atomic mass is 9.95. The van der Waals surface area contributed by atoms with E-state index in [1.54, 1.807) is 0 Å². The minimum atomic E-state index is 0.834. The van der Waals surface area contributed by atoms with Crippen LogP contribution in [0.5, 0.6) is 0 Å². The Balaban J connectivity index is 0. The summed E-state index contributed by atoms with van der Waals surface area (Å²) in [6.45, 7) is 15.8. The Hall–Kier alpha value is -0.0400. The summed E-state index contributed by atoms with van der Waals surface area (Å²) in [7, 11) is 2.19. The second-order valence-electron chi connectivity index (χ2n) is 4.61. The predicted molar refractivity (Wildman–Crippen MR) is 67.8 cm³/mol. The van der Waals surface area contributed by atoms with E-state index in [1.165, 1.54) is 25.9 Å². The molecule has 0 aliphatic carbocycles. The molecule has 0 heterocycles. The zero-order chi connectivity index (χ0) is 11.6. The molecule has 14 heavy (non-hydrogen) atoms. The van der Waals surface area contributed by atoms with E-state index in [4.69, 9.17) is 0 Å². The maximum Gasteiger partial charge on any atom is -0.00193 e. The van der Waals surface area contributed by atoms with Crippen molar-refractivity contribution in [1.29, 1.82) is 0 Å².